The number of fused-ring (bicyclic) bond motifs is 1. The fourth-order valence-electron chi connectivity index (χ4n) is 3.42. The van der Waals surface area contributed by atoms with Gasteiger partial charge >= 0.3 is 0 Å². The minimum absolute atomic E-state index is 0.0677. The first-order valence-corrected chi connectivity index (χ1v) is 9.54. The first kappa shape index (κ1) is 18.0. The molecule has 1 N–H and O–H groups in total. The maximum absolute atomic E-state index is 13.0. The standard InChI is InChI=1S/C23H23N3O2/c1-2-14-26-22(25-21-8-4-3-7-20(21)23(26)27)18-9-11-19(12-10-18)28-16-17-6-5-13-24-15-17/h3-13,15,22,25H,2,14,16H2,1H3/t22-/m1/s1. The first-order valence-electron chi connectivity index (χ1n) is 9.54. The van der Waals surface area contributed by atoms with E-state index in [1.165, 1.54) is 0 Å². The number of nitrogens with one attached hydrogen (secondary N) is 1. The fraction of sp³-hybridized carbons (Fsp3) is 0.217. The van der Waals surface area contributed by atoms with Crippen molar-refractivity contribution in [1.82, 2.24) is 9.88 Å². The number of para-hydroxylation sites is 1. The van der Waals surface area contributed by atoms with E-state index < -0.39 is 0 Å². The smallest absolute Gasteiger partial charge is 0.257 e. The third-order valence-corrected chi connectivity index (χ3v) is 4.81. The maximum atomic E-state index is 13.0. The van der Waals surface area contributed by atoms with Crippen LogP contribution in [0.15, 0.2) is 73.1 Å². The first-order chi connectivity index (χ1) is 13.8. The van der Waals surface area contributed by atoms with E-state index in [9.17, 15) is 4.79 Å². The van der Waals surface area contributed by atoms with Gasteiger partial charge < -0.3 is 15.0 Å². The Morgan fingerprint density at radius 3 is 2.64 bits per heavy atom. The van der Waals surface area contributed by atoms with Crippen molar-refractivity contribution in [3.63, 3.8) is 0 Å². The zero-order valence-corrected chi connectivity index (χ0v) is 15.8. The molecule has 0 bridgehead atoms. The number of ether oxygens (including phenoxy) is 1. The lowest BCUT2D eigenvalue weighted by Gasteiger charge is -2.38. The van der Waals surface area contributed by atoms with Crippen LogP contribution in [0.5, 0.6) is 5.75 Å². The van der Waals surface area contributed by atoms with Crippen molar-refractivity contribution in [3.8, 4) is 5.75 Å². The van der Waals surface area contributed by atoms with E-state index in [1.54, 1.807) is 12.4 Å². The van der Waals surface area contributed by atoms with Crippen molar-refractivity contribution in [2.75, 3.05) is 11.9 Å². The lowest BCUT2D eigenvalue weighted by molar-refractivity contribution is 0.0683. The van der Waals surface area contributed by atoms with Crippen LogP contribution in [0.2, 0.25) is 0 Å². The topological polar surface area (TPSA) is 54.5 Å². The molecule has 0 unspecified atom stereocenters. The Hall–Kier alpha value is -3.34. The summed E-state index contributed by atoms with van der Waals surface area (Å²) in [6.45, 7) is 3.26. The summed E-state index contributed by atoms with van der Waals surface area (Å²) in [5.41, 5.74) is 3.66. The lowest BCUT2D eigenvalue weighted by Crippen LogP contribution is -2.43. The molecule has 0 spiro atoms. The highest BCUT2D eigenvalue weighted by Gasteiger charge is 2.32. The molecule has 4 rings (SSSR count). The number of benzene rings is 2. The zero-order valence-electron chi connectivity index (χ0n) is 15.8. The van der Waals surface area contributed by atoms with Crippen LogP contribution in [0.3, 0.4) is 0 Å². The van der Waals surface area contributed by atoms with Gasteiger partial charge in [-0.2, -0.15) is 0 Å². The summed E-state index contributed by atoms with van der Waals surface area (Å²) in [5.74, 6) is 0.857. The highest BCUT2D eigenvalue weighted by Crippen LogP contribution is 2.33. The van der Waals surface area contributed by atoms with Crippen molar-refractivity contribution in [2.24, 2.45) is 0 Å². The lowest BCUT2D eigenvalue weighted by atomic mass is 10.0. The largest absolute Gasteiger partial charge is 0.489 e. The van der Waals surface area contributed by atoms with Gasteiger partial charge in [-0.05, 0) is 42.3 Å². The van der Waals surface area contributed by atoms with Crippen molar-refractivity contribution < 1.29 is 9.53 Å². The van der Waals surface area contributed by atoms with Crippen molar-refractivity contribution in [2.45, 2.75) is 26.1 Å². The molecular weight excluding hydrogens is 350 g/mol. The molecule has 1 amide bonds. The molecule has 5 heteroatoms. The maximum Gasteiger partial charge on any atom is 0.257 e. The van der Waals surface area contributed by atoms with Gasteiger partial charge in [0.2, 0.25) is 0 Å². The molecule has 28 heavy (non-hydrogen) atoms. The van der Waals surface area contributed by atoms with Crippen LogP contribution in [0, 0.1) is 0 Å². The SMILES string of the molecule is CCCN1C(=O)c2ccccc2N[C@H]1c1ccc(OCc2cccnc2)cc1. The number of hydrogen-bond acceptors (Lipinski definition) is 4. The monoisotopic (exact) mass is 373 g/mol. The third-order valence-electron chi connectivity index (χ3n) is 4.81. The van der Waals surface area contributed by atoms with Gasteiger partial charge in [0.25, 0.3) is 5.91 Å². The van der Waals surface area contributed by atoms with Crippen molar-refractivity contribution in [1.29, 1.82) is 0 Å². The minimum Gasteiger partial charge on any atom is -0.489 e. The van der Waals surface area contributed by atoms with E-state index in [0.29, 0.717) is 13.2 Å². The molecule has 0 saturated carbocycles. The summed E-state index contributed by atoms with van der Waals surface area (Å²) in [5, 5.41) is 3.51. The number of carbonyl (C=O) groups is 1. The van der Waals surface area contributed by atoms with Gasteiger partial charge in [0, 0.05) is 30.2 Å². The summed E-state index contributed by atoms with van der Waals surface area (Å²) < 4.78 is 5.85. The molecule has 0 radical (unpaired) electrons. The molecule has 5 nitrogen and oxygen atoms in total. The van der Waals surface area contributed by atoms with Gasteiger partial charge in [0.15, 0.2) is 0 Å². The third kappa shape index (κ3) is 3.69. The van der Waals surface area contributed by atoms with E-state index in [0.717, 1.165) is 34.5 Å². The summed E-state index contributed by atoms with van der Waals surface area (Å²) in [6.07, 6.45) is 4.26. The predicted molar refractivity (Wildman–Crippen MR) is 109 cm³/mol. The van der Waals surface area contributed by atoms with Crippen LogP contribution in [0.25, 0.3) is 0 Å². The number of carbonyl (C=O) groups excluding carboxylic acids is 1. The number of hydrogen-bond donors (Lipinski definition) is 1. The molecule has 0 aliphatic carbocycles. The molecule has 0 fully saturated rings. The highest BCUT2D eigenvalue weighted by atomic mass is 16.5. The van der Waals surface area contributed by atoms with Crippen LogP contribution in [-0.2, 0) is 6.61 Å². The Kier molecular flexibility index (Phi) is 5.24. The van der Waals surface area contributed by atoms with Crippen LogP contribution < -0.4 is 10.1 Å². The van der Waals surface area contributed by atoms with E-state index in [2.05, 4.69) is 17.2 Å². The van der Waals surface area contributed by atoms with Crippen LogP contribution in [-0.4, -0.2) is 22.3 Å². The van der Waals surface area contributed by atoms with Gasteiger partial charge in [-0.25, -0.2) is 0 Å². The second kappa shape index (κ2) is 8.13. The summed E-state index contributed by atoms with van der Waals surface area (Å²) in [7, 11) is 0. The summed E-state index contributed by atoms with van der Waals surface area (Å²) >= 11 is 0. The highest BCUT2D eigenvalue weighted by molar-refractivity contribution is 6.01. The number of pyridine rings is 1. The zero-order chi connectivity index (χ0) is 19.3. The normalized spacial score (nSPS) is 15.7. The Morgan fingerprint density at radius 1 is 1.07 bits per heavy atom. The van der Waals surface area contributed by atoms with Gasteiger partial charge in [0.1, 0.15) is 18.5 Å². The second-order valence-corrected chi connectivity index (χ2v) is 6.81. The predicted octanol–water partition coefficient (Wildman–Crippen LogP) is 4.64. The van der Waals surface area contributed by atoms with Gasteiger partial charge in [-0.15, -0.1) is 0 Å². The van der Waals surface area contributed by atoms with Crippen LogP contribution >= 0.6 is 0 Å². The quantitative estimate of drug-likeness (QED) is 0.684. The molecule has 3 aromatic rings. The number of rotatable bonds is 6. The Bertz CT molecular complexity index is 942. The van der Waals surface area contributed by atoms with Gasteiger partial charge in [-0.3, -0.25) is 9.78 Å². The molecule has 142 valence electrons. The average Bonchev–Trinajstić information content (AvgIpc) is 2.75. The van der Waals surface area contributed by atoms with Crippen LogP contribution in [0.4, 0.5) is 5.69 Å². The number of anilines is 1. The number of aromatic nitrogens is 1. The molecule has 1 aromatic heterocycles. The summed E-state index contributed by atoms with van der Waals surface area (Å²) in [4.78, 5) is 19.0. The van der Waals surface area contributed by atoms with Crippen LogP contribution in [0.1, 0.15) is 41.0 Å². The molecule has 2 heterocycles. The van der Waals surface area contributed by atoms with Crippen molar-refractivity contribution >= 4 is 11.6 Å². The van der Waals surface area contributed by atoms with Crippen molar-refractivity contribution in [3.05, 3.63) is 89.7 Å². The van der Waals surface area contributed by atoms with E-state index in [1.807, 2.05) is 65.6 Å². The average molecular weight is 373 g/mol. The van der Waals surface area contributed by atoms with Gasteiger partial charge in [-0.1, -0.05) is 37.3 Å². The van der Waals surface area contributed by atoms with Gasteiger partial charge in [0.05, 0.1) is 5.56 Å². The fourth-order valence-corrected chi connectivity index (χ4v) is 3.42. The minimum atomic E-state index is -0.185. The molecule has 1 atom stereocenters. The number of nitrogens with zero attached hydrogens (tertiary/aromatic N) is 2. The molecule has 0 saturated heterocycles. The Morgan fingerprint density at radius 2 is 1.89 bits per heavy atom. The Balaban J connectivity index is 1.53. The van der Waals surface area contributed by atoms with E-state index in [-0.39, 0.29) is 12.1 Å². The molecule has 2 aromatic carbocycles. The van der Waals surface area contributed by atoms with E-state index >= 15 is 0 Å². The second-order valence-electron chi connectivity index (χ2n) is 6.81. The molecule has 1 aliphatic heterocycles. The van der Waals surface area contributed by atoms with E-state index in [4.69, 9.17) is 4.74 Å². The summed E-state index contributed by atoms with van der Waals surface area (Å²) in [6, 6.07) is 19.5. The molecular formula is C23H23N3O2. The Labute approximate surface area is 165 Å². The number of amides is 1. The molecule has 1 aliphatic rings.